The molecule has 0 aliphatic carbocycles. The van der Waals surface area contributed by atoms with E-state index in [-0.39, 0.29) is 18.8 Å². The summed E-state index contributed by atoms with van der Waals surface area (Å²) < 4.78 is 19.2. The molecule has 5 aromatic rings. The Balaban J connectivity index is 1.25. The second-order valence-electron chi connectivity index (χ2n) is 9.72. The van der Waals surface area contributed by atoms with Crippen molar-refractivity contribution < 1.29 is 19.0 Å². The largest absolute Gasteiger partial charge is 0.431 e. The topological polar surface area (TPSA) is 90.7 Å². The third-order valence-electron chi connectivity index (χ3n) is 6.88. The van der Waals surface area contributed by atoms with Gasteiger partial charge in [0.05, 0.1) is 18.8 Å². The minimum absolute atomic E-state index is 0.00613. The minimum atomic E-state index is -0.560. The number of nitrogens with zero attached hydrogens (tertiary/aromatic N) is 1. The normalized spacial score (nSPS) is 19.0. The van der Waals surface area contributed by atoms with Gasteiger partial charge in [0.15, 0.2) is 12.1 Å². The molecule has 7 heteroatoms. The van der Waals surface area contributed by atoms with Crippen LogP contribution in [0.2, 0.25) is 0 Å². The van der Waals surface area contributed by atoms with Crippen molar-refractivity contribution in [3.8, 4) is 22.6 Å². The third-order valence-corrected chi connectivity index (χ3v) is 7.84. The van der Waals surface area contributed by atoms with Gasteiger partial charge in [-0.3, -0.25) is 0 Å². The zero-order chi connectivity index (χ0) is 27.3. The number of aliphatic hydroxyl groups is 1. The van der Waals surface area contributed by atoms with E-state index in [9.17, 15) is 5.11 Å². The number of benzene rings is 4. The van der Waals surface area contributed by atoms with Crippen molar-refractivity contribution in [3.63, 3.8) is 0 Å². The Hall–Kier alpha value is -3.88. The van der Waals surface area contributed by atoms with Gasteiger partial charge in [0.25, 0.3) is 5.22 Å². The van der Waals surface area contributed by atoms with E-state index >= 15 is 0 Å². The van der Waals surface area contributed by atoms with Crippen molar-refractivity contribution >= 4 is 17.4 Å². The van der Waals surface area contributed by atoms with Crippen molar-refractivity contribution in [1.82, 2.24) is 4.98 Å². The summed E-state index contributed by atoms with van der Waals surface area (Å²) in [7, 11) is 0. The highest BCUT2D eigenvalue weighted by molar-refractivity contribution is 7.99. The molecule has 1 aliphatic heterocycles. The molecule has 6 rings (SSSR count). The molecular weight excluding hydrogens is 520 g/mol. The second kappa shape index (κ2) is 12.1. The molecule has 0 bridgehead atoms. The zero-order valence-corrected chi connectivity index (χ0v) is 22.7. The van der Waals surface area contributed by atoms with Crippen LogP contribution in [-0.4, -0.2) is 21.9 Å². The van der Waals surface area contributed by atoms with Gasteiger partial charge in [-0.2, -0.15) is 0 Å². The van der Waals surface area contributed by atoms with Gasteiger partial charge in [0.2, 0.25) is 0 Å². The molecule has 0 saturated carbocycles. The van der Waals surface area contributed by atoms with E-state index in [1.165, 1.54) is 11.8 Å². The first-order chi connectivity index (χ1) is 19.7. The van der Waals surface area contributed by atoms with E-state index in [4.69, 9.17) is 24.6 Å². The molecule has 2 heterocycles. The average Bonchev–Trinajstić information content (AvgIpc) is 3.45. The number of oxazole rings is 1. The van der Waals surface area contributed by atoms with Crippen LogP contribution in [0.3, 0.4) is 0 Å². The van der Waals surface area contributed by atoms with Crippen LogP contribution >= 0.6 is 11.8 Å². The van der Waals surface area contributed by atoms with Crippen molar-refractivity contribution in [2.45, 2.75) is 36.7 Å². The molecule has 40 heavy (non-hydrogen) atoms. The molecule has 3 atom stereocenters. The Morgan fingerprint density at radius 1 is 0.800 bits per heavy atom. The van der Waals surface area contributed by atoms with Crippen LogP contribution in [0.5, 0.6) is 0 Å². The monoisotopic (exact) mass is 550 g/mol. The summed E-state index contributed by atoms with van der Waals surface area (Å²) in [4.78, 5) is 4.90. The van der Waals surface area contributed by atoms with E-state index in [0.29, 0.717) is 23.1 Å². The Morgan fingerprint density at radius 3 is 2.23 bits per heavy atom. The minimum Gasteiger partial charge on any atom is -0.431 e. The molecule has 1 fully saturated rings. The van der Waals surface area contributed by atoms with Crippen molar-refractivity contribution in [1.29, 1.82) is 0 Å². The first kappa shape index (κ1) is 26.3. The van der Waals surface area contributed by atoms with Gasteiger partial charge in [-0.1, -0.05) is 109 Å². The number of hydrogen-bond acceptors (Lipinski definition) is 7. The smallest absolute Gasteiger partial charge is 0.256 e. The van der Waals surface area contributed by atoms with Gasteiger partial charge in [0.1, 0.15) is 5.69 Å². The summed E-state index contributed by atoms with van der Waals surface area (Å²) in [6, 6.07) is 35.6. The number of aromatic nitrogens is 1. The summed E-state index contributed by atoms with van der Waals surface area (Å²) >= 11 is 1.54. The maximum atomic E-state index is 9.46. The number of anilines is 1. The Labute approximate surface area is 237 Å². The van der Waals surface area contributed by atoms with Crippen LogP contribution in [0.4, 0.5) is 5.69 Å². The number of ether oxygens (including phenoxy) is 2. The summed E-state index contributed by atoms with van der Waals surface area (Å²) in [5.74, 6) is 1.39. The van der Waals surface area contributed by atoms with Crippen LogP contribution in [-0.2, 0) is 16.1 Å². The van der Waals surface area contributed by atoms with E-state index in [1.54, 1.807) is 0 Å². The van der Waals surface area contributed by atoms with Crippen LogP contribution in [0.25, 0.3) is 22.6 Å². The summed E-state index contributed by atoms with van der Waals surface area (Å²) in [6.45, 7) is 0.00613. The first-order valence-corrected chi connectivity index (χ1v) is 14.3. The average molecular weight is 551 g/mol. The lowest BCUT2D eigenvalue weighted by Gasteiger charge is -2.36. The number of hydrogen-bond donors (Lipinski definition) is 2. The molecular formula is C33H30N2O4S. The molecule has 202 valence electrons. The maximum Gasteiger partial charge on any atom is 0.256 e. The van der Waals surface area contributed by atoms with Crippen molar-refractivity contribution in [2.24, 2.45) is 0 Å². The van der Waals surface area contributed by atoms with Gasteiger partial charge < -0.3 is 24.7 Å². The Kier molecular flexibility index (Phi) is 7.97. The van der Waals surface area contributed by atoms with Gasteiger partial charge >= 0.3 is 0 Å². The number of nitrogen functional groups attached to an aromatic ring is 1. The highest BCUT2D eigenvalue weighted by atomic mass is 32.2. The quantitative estimate of drug-likeness (QED) is 0.153. The van der Waals surface area contributed by atoms with E-state index in [2.05, 4.69) is 0 Å². The fourth-order valence-electron chi connectivity index (χ4n) is 4.83. The Bertz CT molecular complexity index is 1480. The van der Waals surface area contributed by atoms with Crippen molar-refractivity contribution in [3.05, 3.63) is 126 Å². The number of thioether (sulfide) groups is 1. The SMILES string of the molecule is Nc1cccc(C2OC(CSc3nc(-c4ccccc4)c(-c4ccccc4)o3)CC(c3ccc(CO)cc3)O2)c1. The molecule has 3 N–H and O–H groups in total. The first-order valence-electron chi connectivity index (χ1n) is 13.3. The van der Waals surface area contributed by atoms with Gasteiger partial charge in [-0.05, 0) is 23.3 Å². The molecule has 0 radical (unpaired) electrons. The third kappa shape index (κ3) is 5.98. The zero-order valence-electron chi connectivity index (χ0n) is 21.9. The lowest BCUT2D eigenvalue weighted by molar-refractivity contribution is -0.245. The standard InChI is InChI=1S/C33H30N2O4S/c34-27-13-7-12-26(18-27)32-37-28(19-29(38-32)23-16-14-22(20-36)15-17-23)21-40-33-35-30(24-8-3-1-4-9-24)31(39-33)25-10-5-2-6-11-25/h1-18,28-29,32,36H,19-21,34H2. The molecule has 6 nitrogen and oxygen atoms in total. The van der Waals surface area contributed by atoms with E-state index in [1.807, 2.05) is 109 Å². The van der Waals surface area contributed by atoms with Crippen molar-refractivity contribution in [2.75, 3.05) is 11.5 Å². The van der Waals surface area contributed by atoms with Gasteiger partial charge in [0, 0.05) is 34.6 Å². The van der Waals surface area contributed by atoms with E-state index in [0.717, 1.165) is 39.3 Å². The number of rotatable bonds is 8. The summed E-state index contributed by atoms with van der Waals surface area (Å²) in [5, 5.41) is 10.1. The maximum absolute atomic E-state index is 9.46. The molecule has 1 aromatic heterocycles. The predicted octanol–water partition coefficient (Wildman–Crippen LogP) is 7.42. The number of aliphatic hydroxyl groups excluding tert-OH is 1. The van der Waals surface area contributed by atoms with Crippen LogP contribution in [0.1, 0.15) is 35.5 Å². The highest BCUT2D eigenvalue weighted by Crippen LogP contribution is 2.41. The number of nitrogens with two attached hydrogens (primary N) is 1. The van der Waals surface area contributed by atoms with E-state index < -0.39 is 6.29 Å². The van der Waals surface area contributed by atoms with Crippen LogP contribution in [0.15, 0.2) is 119 Å². The lowest BCUT2D eigenvalue weighted by Crippen LogP contribution is -2.31. The predicted molar refractivity (Wildman–Crippen MR) is 157 cm³/mol. The molecule has 0 amide bonds. The fourth-order valence-corrected chi connectivity index (χ4v) is 5.67. The summed E-state index contributed by atoms with van der Waals surface area (Å²) in [5.41, 5.74) is 12.3. The molecule has 1 saturated heterocycles. The molecule has 3 unspecified atom stereocenters. The van der Waals surface area contributed by atoms with Gasteiger partial charge in [-0.15, -0.1) is 0 Å². The van der Waals surface area contributed by atoms with Crippen LogP contribution in [0, 0.1) is 0 Å². The van der Waals surface area contributed by atoms with Crippen LogP contribution < -0.4 is 5.73 Å². The second-order valence-corrected chi connectivity index (χ2v) is 10.7. The fraction of sp³-hybridized carbons (Fsp3) is 0.182. The molecule has 4 aromatic carbocycles. The molecule has 0 spiro atoms. The Morgan fingerprint density at radius 2 is 1.52 bits per heavy atom. The van der Waals surface area contributed by atoms with Gasteiger partial charge in [-0.25, -0.2) is 4.98 Å². The molecule has 1 aliphatic rings. The highest BCUT2D eigenvalue weighted by Gasteiger charge is 2.33. The lowest BCUT2D eigenvalue weighted by atomic mass is 10.0. The summed E-state index contributed by atoms with van der Waals surface area (Å²) in [6.07, 6.45) is -0.195.